The van der Waals surface area contributed by atoms with E-state index in [4.69, 9.17) is 9.84 Å². The van der Waals surface area contributed by atoms with Gasteiger partial charge in [-0.3, -0.25) is 4.79 Å². The number of amides is 1. The van der Waals surface area contributed by atoms with Gasteiger partial charge in [-0.2, -0.15) is 5.10 Å². The Bertz CT molecular complexity index is 1000. The second-order valence-corrected chi connectivity index (χ2v) is 8.24. The predicted octanol–water partition coefficient (Wildman–Crippen LogP) is 4.79. The Balaban J connectivity index is 1.54. The monoisotopic (exact) mass is 419 g/mol. The molecule has 2 unspecified atom stereocenters. The fraction of sp³-hybridized carbons (Fsp3) is 0.250. The number of nitrogens with zero attached hydrogens (tertiary/aromatic N) is 2. The van der Waals surface area contributed by atoms with E-state index in [-0.39, 0.29) is 24.5 Å². The number of rotatable bonds is 7. The van der Waals surface area contributed by atoms with Crippen molar-refractivity contribution in [3.8, 4) is 5.75 Å². The molecule has 1 aliphatic heterocycles. The van der Waals surface area contributed by atoms with Gasteiger partial charge in [-0.25, -0.2) is 5.01 Å². The van der Waals surface area contributed by atoms with E-state index in [1.807, 2.05) is 66.0 Å². The average molecular weight is 420 g/mol. The van der Waals surface area contributed by atoms with Gasteiger partial charge in [-0.05, 0) is 41.6 Å². The Morgan fingerprint density at radius 1 is 1.17 bits per heavy atom. The molecule has 1 N–H and O–H groups in total. The lowest BCUT2D eigenvalue weighted by Gasteiger charge is -2.23. The molecule has 30 heavy (non-hydrogen) atoms. The number of methoxy groups -OCH3 is 1. The first-order valence-electron chi connectivity index (χ1n) is 10.0. The van der Waals surface area contributed by atoms with Crippen LogP contribution in [0.5, 0.6) is 5.75 Å². The highest BCUT2D eigenvalue weighted by atomic mass is 32.1. The molecule has 0 spiro atoms. The molecule has 0 fully saturated rings. The molecule has 3 aromatic rings. The zero-order valence-electron chi connectivity index (χ0n) is 17.1. The Kier molecular flexibility index (Phi) is 6.26. The number of carbonyl (C=O) groups is 1. The molecule has 2 atom stereocenters. The zero-order valence-corrected chi connectivity index (χ0v) is 17.9. The summed E-state index contributed by atoms with van der Waals surface area (Å²) < 4.78 is 5.28. The fourth-order valence-electron chi connectivity index (χ4n) is 3.59. The Hall–Kier alpha value is -2.96. The Labute approximate surface area is 181 Å². The van der Waals surface area contributed by atoms with Crippen LogP contribution in [0.1, 0.15) is 41.4 Å². The summed E-state index contributed by atoms with van der Waals surface area (Å²) in [6, 6.07) is 22.0. The molecule has 2 heterocycles. The Morgan fingerprint density at radius 2 is 1.93 bits per heavy atom. The first-order valence-corrected chi connectivity index (χ1v) is 10.9. The number of carbonyl (C=O) groups excluding carboxylic acids is 1. The van der Waals surface area contributed by atoms with Gasteiger partial charge in [0.25, 0.3) is 5.91 Å². The third-order valence-electron chi connectivity index (χ3n) is 5.30. The molecule has 2 aromatic carbocycles. The van der Waals surface area contributed by atoms with E-state index in [0.717, 1.165) is 22.6 Å². The van der Waals surface area contributed by atoms with E-state index < -0.39 is 0 Å². The average Bonchev–Trinajstić information content (AvgIpc) is 3.48. The summed E-state index contributed by atoms with van der Waals surface area (Å²) in [6.45, 7) is 2.31. The molecule has 1 amide bonds. The maximum atomic E-state index is 13.1. The van der Waals surface area contributed by atoms with Gasteiger partial charge in [0.1, 0.15) is 5.75 Å². The highest BCUT2D eigenvalue weighted by molar-refractivity contribution is 7.10. The lowest BCUT2D eigenvalue weighted by molar-refractivity contribution is -0.132. The first kappa shape index (κ1) is 20.3. The van der Waals surface area contributed by atoms with Gasteiger partial charge in [-0.15, -0.1) is 11.3 Å². The fourth-order valence-corrected chi connectivity index (χ4v) is 4.35. The van der Waals surface area contributed by atoms with Crippen molar-refractivity contribution in [1.82, 2.24) is 10.3 Å². The van der Waals surface area contributed by atoms with Gasteiger partial charge < -0.3 is 10.1 Å². The lowest BCUT2D eigenvalue weighted by atomic mass is 9.98. The van der Waals surface area contributed by atoms with E-state index in [1.54, 1.807) is 23.5 Å². The maximum Gasteiger partial charge on any atom is 0.257 e. The highest BCUT2D eigenvalue weighted by Gasteiger charge is 2.33. The molecule has 0 bridgehead atoms. The molecule has 0 saturated carbocycles. The molecule has 1 aromatic heterocycles. The van der Waals surface area contributed by atoms with Crippen molar-refractivity contribution in [1.29, 1.82) is 0 Å². The molecule has 0 radical (unpaired) electrons. The highest BCUT2D eigenvalue weighted by Crippen LogP contribution is 2.33. The third-order valence-corrected chi connectivity index (χ3v) is 6.36. The zero-order chi connectivity index (χ0) is 20.9. The van der Waals surface area contributed by atoms with Crippen LogP contribution in [0.3, 0.4) is 0 Å². The van der Waals surface area contributed by atoms with Gasteiger partial charge >= 0.3 is 0 Å². The van der Waals surface area contributed by atoms with Crippen LogP contribution in [-0.2, 0) is 4.79 Å². The van der Waals surface area contributed by atoms with Gasteiger partial charge in [0.05, 0.1) is 25.4 Å². The van der Waals surface area contributed by atoms with Crippen molar-refractivity contribution < 1.29 is 9.53 Å². The third kappa shape index (κ3) is 4.45. The minimum Gasteiger partial charge on any atom is -0.497 e. The first-order chi connectivity index (χ1) is 14.7. The number of thiophene rings is 1. The second kappa shape index (κ2) is 9.24. The van der Waals surface area contributed by atoms with Crippen LogP contribution in [0.15, 0.2) is 77.2 Å². The summed E-state index contributed by atoms with van der Waals surface area (Å²) >= 11 is 1.69. The largest absolute Gasteiger partial charge is 0.497 e. The molecule has 154 valence electrons. The minimum absolute atomic E-state index is 0.0369. The molecule has 0 aliphatic carbocycles. The summed E-state index contributed by atoms with van der Waals surface area (Å²) in [6.07, 6.45) is 0.683. The number of benzene rings is 2. The molecule has 1 aliphatic rings. The molecule has 6 heteroatoms. The van der Waals surface area contributed by atoms with Crippen LogP contribution >= 0.6 is 11.3 Å². The molecular formula is C24H25N3O2S. The summed E-state index contributed by atoms with van der Waals surface area (Å²) in [5.41, 5.74) is 3.02. The SMILES string of the molecule is COc1ccc(C2CC(c3ccccc3)=NN2C(=O)CNC(C)c2cccs2)cc1. The predicted molar refractivity (Wildman–Crippen MR) is 121 cm³/mol. The van der Waals surface area contributed by atoms with E-state index in [9.17, 15) is 4.79 Å². The summed E-state index contributed by atoms with van der Waals surface area (Å²) in [5.74, 6) is 0.760. The van der Waals surface area contributed by atoms with Gasteiger partial charge in [0.15, 0.2) is 0 Å². The quantitative estimate of drug-likeness (QED) is 0.599. The number of hydrazone groups is 1. The van der Waals surface area contributed by atoms with Gasteiger partial charge in [-0.1, -0.05) is 48.5 Å². The van der Waals surface area contributed by atoms with Crippen molar-refractivity contribution >= 4 is 23.0 Å². The van der Waals surface area contributed by atoms with E-state index in [1.165, 1.54) is 4.88 Å². The molecular weight excluding hydrogens is 394 g/mol. The van der Waals surface area contributed by atoms with Crippen LogP contribution in [0.4, 0.5) is 0 Å². The van der Waals surface area contributed by atoms with E-state index in [2.05, 4.69) is 18.3 Å². The normalized spacial score (nSPS) is 16.9. The van der Waals surface area contributed by atoms with E-state index >= 15 is 0 Å². The van der Waals surface area contributed by atoms with Crippen molar-refractivity contribution in [3.63, 3.8) is 0 Å². The number of hydrogen-bond donors (Lipinski definition) is 1. The van der Waals surface area contributed by atoms with Crippen LogP contribution in [0, 0.1) is 0 Å². The smallest absolute Gasteiger partial charge is 0.257 e. The van der Waals surface area contributed by atoms with Gasteiger partial charge in [0.2, 0.25) is 0 Å². The second-order valence-electron chi connectivity index (χ2n) is 7.26. The van der Waals surface area contributed by atoms with Gasteiger partial charge in [0, 0.05) is 17.3 Å². The standard InChI is InChI=1S/C24H25N3O2S/c1-17(23-9-6-14-30-23)25-16-24(28)27-22(19-10-12-20(29-2)13-11-19)15-21(26-27)18-7-4-3-5-8-18/h3-14,17,22,25H,15-16H2,1-2H3. The van der Waals surface area contributed by atoms with Crippen LogP contribution < -0.4 is 10.1 Å². The van der Waals surface area contributed by atoms with Crippen molar-refractivity contribution in [3.05, 3.63) is 88.1 Å². The minimum atomic E-state index is -0.127. The maximum absolute atomic E-state index is 13.1. The van der Waals surface area contributed by atoms with Crippen LogP contribution in [0.25, 0.3) is 0 Å². The number of hydrogen-bond acceptors (Lipinski definition) is 5. The summed E-state index contributed by atoms with van der Waals surface area (Å²) in [4.78, 5) is 14.4. The van der Waals surface area contributed by atoms with Crippen LogP contribution in [-0.4, -0.2) is 30.3 Å². The van der Waals surface area contributed by atoms with Crippen molar-refractivity contribution in [2.75, 3.05) is 13.7 Å². The summed E-state index contributed by atoms with van der Waals surface area (Å²) in [7, 11) is 1.65. The molecule has 5 nitrogen and oxygen atoms in total. The van der Waals surface area contributed by atoms with Crippen LogP contribution in [0.2, 0.25) is 0 Å². The topological polar surface area (TPSA) is 53.9 Å². The van der Waals surface area contributed by atoms with E-state index in [0.29, 0.717) is 6.42 Å². The number of ether oxygens (including phenoxy) is 1. The lowest BCUT2D eigenvalue weighted by Crippen LogP contribution is -2.36. The molecule has 4 rings (SSSR count). The Morgan fingerprint density at radius 3 is 2.60 bits per heavy atom. The number of nitrogens with one attached hydrogen (secondary N) is 1. The van der Waals surface area contributed by atoms with Crippen molar-refractivity contribution in [2.24, 2.45) is 5.10 Å². The van der Waals surface area contributed by atoms with Crippen molar-refractivity contribution in [2.45, 2.75) is 25.4 Å². The molecule has 0 saturated heterocycles. The summed E-state index contributed by atoms with van der Waals surface area (Å²) in [5, 5.41) is 11.8.